The number of ether oxygens (including phenoxy) is 1. The summed E-state index contributed by atoms with van der Waals surface area (Å²) in [5.74, 6) is 11.5. The van der Waals surface area contributed by atoms with Crippen molar-refractivity contribution in [1.82, 2.24) is 19.8 Å². The number of rotatable bonds is 28. The number of nitrogens with one attached hydrogen (secondary N) is 2. The summed E-state index contributed by atoms with van der Waals surface area (Å²) in [5.41, 5.74) is -0.817. The Morgan fingerprint density at radius 1 is 0.771 bits per heavy atom. The molecule has 1 rings (SSSR count). The fourth-order valence-electron chi connectivity index (χ4n) is 5.41. The van der Waals surface area contributed by atoms with E-state index in [1.165, 1.54) is 107 Å². The second-order valence-corrected chi connectivity index (χ2v) is 12.7. The number of aromatic nitrogens is 2. The van der Waals surface area contributed by atoms with Crippen LogP contribution in [0.25, 0.3) is 0 Å². The number of carbonyl (C=O) groups excluding carboxylic acids is 2. The van der Waals surface area contributed by atoms with E-state index in [4.69, 9.17) is 4.74 Å². The van der Waals surface area contributed by atoms with Gasteiger partial charge in [-0.3, -0.25) is 23.9 Å². The van der Waals surface area contributed by atoms with Gasteiger partial charge in [0.05, 0.1) is 6.61 Å². The summed E-state index contributed by atoms with van der Waals surface area (Å²) >= 11 is 0. The van der Waals surface area contributed by atoms with Crippen LogP contribution in [0.3, 0.4) is 0 Å². The van der Waals surface area contributed by atoms with Crippen LogP contribution in [-0.4, -0.2) is 59.1 Å². The molecule has 1 aromatic heterocycles. The maximum absolute atomic E-state index is 12.9. The molecule has 9 nitrogen and oxygen atoms in total. The van der Waals surface area contributed by atoms with Gasteiger partial charge < -0.3 is 15.0 Å². The fraction of sp³-hybridized carbons (Fsp3) is 0.744. The molecule has 1 heterocycles. The number of amides is 1. The van der Waals surface area contributed by atoms with E-state index in [2.05, 4.69) is 40.9 Å². The highest BCUT2D eigenvalue weighted by Crippen LogP contribution is 2.12. The number of hydrogen-bond acceptors (Lipinski definition) is 6. The molecule has 270 valence electrons. The quantitative estimate of drug-likeness (QED) is 0.0587. The number of H-pyrrole nitrogens is 1. The van der Waals surface area contributed by atoms with Gasteiger partial charge in [0, 0.05) is 37.7 Å². The minimum Gasteiger partial charge on any atom is -0.465 e. The topological polar surface area (TPSA) is 114 Å². The summed E-state index contributed by atoms with van der Waals surface area (Å²) in [6.45, 7) is 6.95. The molecule has 0 saturated carbocycles. The molecule has 0 aliphatic rings. The third kappa shape index (κ3) is 23.1. The number of aryl methyl sites for hydroxylation is 1. The smallest absolute Gasteiger partial charge is 0.328 e. The van der Waals surface area contributed by atoms with Crippen LogP contribution in [0.2, 0.25) is 0 Å². The number of esters is 1. The van der Waals surface area contributed by atoms with Crippen LogP contribution >= 0.6 is 0 Å². The molecule has 0 aromatic carbocycles. The Bertz CT molecular complexity index is 1250. The molecule has 0 bridgehead atoms. The molecule has 9 heteroatoms. The molecule has 0 spiro atoms. The molecule has 1 amide bonds. The fourth-order valence-corrected chi connectivity index (χ4v) is 5.41. The van der Waals surface area contributed by atoms with Crippen molar-refractivity contribution in [3.8, 4) is 23.7 Å². The Morgan fingerprint density at radius 2 is 1.29 bits per heavy atom. The molecule has 48 heavy (non-hydrogen) atoms. The van der Waals surface area contributed by atoms with E-state index >= 15 is 0 Å². The van der Waals surface area contributed by atoms with Crippen molar-refractivity contribution in [2.75, 3.05) is 32.8 Å². The lowest BCUT2D eigenvalue weighted by Crippen LogP contribution is -2.44. The van der Waals surface area contributed by atoms with Crippen LogP contribution in [0.5, 0.6) is 0 Å². The number of nitrogens with zero attached hydrogens (tertiary/aromatic N) is 2. The van der Waals surface area contributed by atoms with E-state index in [9.17, 15) is 19.2 Å². The summed E-state index contributed by atoms with van der Waals surface area (Å²) in [4.78, 5) is 52.2. The first-order valence-corrected chi connectivity index (χ1v) is 18.8. The largest absolute Gasteiger partial charge is 0.465 e. The van der Waals surface area contributed by atoms with Crippen molar-refractivity contribution in [2.45, 2.75) is 156 Å². The number of unbranched alkanes of at least 4 members (excludes halogenated alkanes) is 18. The van der Waals surface area contributed by atoms with Gasteiger partial charge >= 0.3 is 11.7 Å². The minimum absolute atomic E-state index is 0.193. The standard InChI is InChI=1S/C39H64N4O5/c1-4-6-7-8-9-10-11-12-13-14-15-16-17-18-19-20-21-22-23-24-25-26-27-28-29-40-30-31-42(34-37(45)48-5-2)36(44)33-43-32-35(3)38(46)41-39(43)47/h32,40H,4-17,22-31,33-34H2,1-3H3,(H,41,46,47). The van der Waals surface area contributed by atoms with Gasteiger partial charge in [-0.1, -0.05) is 115 Å². The SMILES string of the molecule is CCCCCCCCCCCCCCC#CC#CCCCCCCCCNCCN(CC(=O)OCC)C(=O)Cn1cc(C)c(=O)[nH]c1=O. The lowest BCUT2D eigenvalue weighted by Gasteiger charge is -2.22. The first kappa shape index (κ1) is 42.7. The van der Waals surface area contributed by atoms with Crippen LogP contribution in [-0.2, 0) is 20.9 Å². The van der Waals surface area contributed by atoms with Crippen molar-refractivity contribution in [3.05, 3.63) is 32.6 Å². The van der Waals surface area contributed by atoms with Gasteiger partial charge in [0.2, 0.25) is 5.91 Å². The van der Waals surface area contributed by atoms with E-state index in [0.29, 0.717) is 18.7 Å². The number of carbonyl (C=O) groups is 2. The minimum atomic E-state index is -0.661. The average Bonchev–Trinajstić information content (AvgIpc) is 3.06. The highest BCUT2D eigenvalue weighted by Gasteiger charge is 2.19. The monoisotopic (exact) mass is 668 g/mol. The van der Waals surface area contributed by atoms with Gasteiger partial charge in [0.25, 0.3) is 5.56 Å². The Labute approximate surface area is 290 Å². The van der Waals surface area contributed by atoms with E-state index in [1.807, 2.05) is 0 Å². The van der Waals surface area contributed by atoms with E-state index in [-0.39, 0.29) is 19.7 Å². The van der Waals surface area contributed by atoms with Gasteiger partial charge in [-0.25, -0.2) is 4.79 Å². The Morgan fingerprint density at radius 3 is 1.83 bits per heavy atom. The molecular formula is C39H64N4O5. The molecule has 1 aromatic rings. The Balaban J connectivity index is 2.06. The van der Waals surface area contributed by atoms with Crippen LogP contribution in [0.1, 0.15) is 148 Å². The zero-order chi connectivity index (χ0) is 35.1. The van der Waals surface area contributed by atoms with Crippen molar-refractivity contribution in [3.63, 3.8) is 0 Å². The van der Waals surface area contributed by atoms with Crippen LogP contribution in [0.15, 0.2) is 15.8 Å². The second kappa shape index (κ2) is 29.8. The van der Waals surface area contributed by atoms with E-state index in [1.54, 1.807) is 13.8 Å². The number of hydrogen-bond donors (Lipinski definition) is 2. The summed E-state index contributed by atoms with van der Waals surface area (Å²) in [6.07, 6.45) is 26.4. The van der Waals surface area contributed by atoms with Crippen molar-refractivity contribution >= 4 is 11.9 Å². The molecule has 0 aliphatic heterocycles. The van der Waals surface area contributed by atoms with E-state index in [0.717, 1.165) is 43.2 Å². The van der Waals surface area contributed by atoms with Gasteiger partial charge in [-0.15, -0.1) is 0 Å². The first-order chi connectivity index (χ1) is 23.4. The molecule has 2 N–H and O–H groups in total. The van der Waals surface area contributed by atoms with Crippen molar-refractivity contribution in [1.29, 1.82) is 0 Å². The van der Waals surface area contributed by atoms with E-state index < -0.39 is 23.1 Å². The maximum Gasteiger partial charge on any atom is 0.328 e. The zero-order valence-corrected chi connectivity index (χ0v) is 30.4. The summed E-state index contributed by atoms with van der Waals surface area (Å²) in [5, 5.41) is 3.34. The van der Waals surface area contributed by atoms with Gasteiger partial charge in [-0.05, 0) is 51.5 Å². The lowest BCUT2D eigenvalue weighted by molar-refractivity contribution is -0.149. The van der Waals surface area contributed by atoms with Crippen LogP contribution < -0.4 is 16.6 Å². The normalized spacial score (nSPS) is 10.6. The Hall–Kier alpha value is -3.30. The Kier molecular flexibility index (Phi) is 26.5. The summed E-state index contributed by atoms with van der Waals surface area (Å²) in [6, 6.07) is 0. The molecule has 0 saturated heterocycles. The predicted octanol–water partition coefficient (Wildman–Crippen LogP) is 6.66. The van der Waals surface area contributed by atoms with Gasteiger partial charge in [0.1, 0.15) is 13.1 Å². The summed E-state index contributed by atoms with van der Waals surface area (Å²) < 4.78 is 6.16. The zero-order valence-electron chi connectivity index (χ0n) is 30.4. The molecule has 0 fully saturated rings. The molecule has 0 unspecified atom stereocenters. The number of aromatic amines is 1. The lowest BCUT2D eigenvalue weighted by atomic mass is 10.0. The predicted molar refractivity (Wildman–Crippen MR) is 196 cm³/mol. The molecule has 0 atom stereocenters. The molecular weight excluding hydrogens is 604 g/mol. The highest BCUT2D eigenvalue weighted by molar-refractivity contribution is 5.82. The third-order valence-electron chi connectivity index (χ3n) is 8.33. The van der Waals surface area contributed by atoms with Crippen LogP contribution in [0, 0.1) is 30.6 Å². The van der Waals surface area contributed by atoms with Crippen molar-refractivity contribution in [2.24, 2.45) is 0 Å². The molecule has 0 radical (unpaired) electrons. The van der Waals surface area contributed by atoms with Gasteiger partial charge in [-0.2, -0.15) is 0 Å². The molecule has 0 aliphatic carbocycles. The van der Waals surface area contributed by atoms with Gasteiger partial charge in [0.15, 0.2) is 0 Å². The first-order valence-electron chi connectivity index (χ1n) is 18.8. The summed E-state index contributed by atoms with van der Waals surface area (Å²) in [7, 11) is 0. The van der Waals surface area contributed by atoms with Crippen molar-refractivity contribution < 1.29 is 14.3 Å². The highest BCUT2D eigenvalue weighted by atomic mass is 16.5. The van der Waals surface area contributed by atoms with Crippen LogP contribution in [0.4, 0.5) is 0 Å². The average molecular weight is 669 g/mol. The third-order valence-corrected chi connectivity index (χ3v) is 8.33. The second-order valence-electron chi connectivity index (χ2n) is 12.7. The maximum atomic E-state index is 12.9.